The van der Waals surface area contributed by atoms with E-state index in [4.69, 9.17) is 23.7 Å². The minimum Gasteiger partial charge on any atom is -0.481 e. The lowest BCUT2D eigenvalue weighted by molar-refractivity contribution is -0.402. The zero-order valence-electron chi connectivity index (χ0n) is 39.6. The van der Waals surface area contributed by atoms with Gasteiger partial charge >= 0.3 is 5.97 Å². The molecule has 5 aliphatic rings. The average molecular weight is 957 g/mol. The van der Waals surface area contributed by atoms with Crippen LogP contribution in [0.25, 0.3) is 11.3 Å². The average Bonchev–Trinajstić information content (AvgIpc) is 3.89. The van der Waals surface area contributed by atoms with Crippen molar-refractivity contribution in [2.45, 2.75) is 199 Å². The summed E-state index contributed by atoms with van der Waals surface area (Å²) in [5.74, 6) is -5.75. The summed E-state index contributed by atoms with van der Waals surface area (Å²) in [5, 5.41) is 42.4. The van der Waals surface area contributed by atoms with Gasteiger partial charge in [0.05, 0.1) is 59.9 Å². The summed E-state index contributed by atoms with van der Waals surface area (Å²) < 4.78 is 37.9. The molecule has 64 heavy (non-hydrogen) atoms. The van der Waals surface area contributed by atoms with Gasteiger partial charge in [0, 0.05) is 40.1 Å². The quantitative estimate of drug-likeness (QED) is 0.154. The second kappa shape index (κ2) is 19.2. The lowest BCUT2D eigenvalue weighted by Gasteiger charge is -2.55. The molecule has 0 radical (unpaired) electrons. The number of aliphatic hydroxyl groups is 2. The Morgan fingerprint density at radius 2 is 1.62 bits per heavy atom. The summed E-state index contributed by atoms with van der Waals surface area (Å²) in [6.07, 6.45) is 9.06. The molecule has 2 spiro atoms. The lowest BCUT2D eigenvalue weighted by atomic mass is 9.72. The summed E-state index contributed by atoms with van der Waals surface area (Å²) in [6, 6.07) is 7.41. The van der Waals surface area contributed by atoms with Gasteiger partial charge in [0.15, 0.2) is 11.6 Å². The molecule has 6 heterocycles. The number of benzene rings is 1. The molecule has 18 atom stereocenters. The van der Waals surface area contributed by atoms with Crippen molar-refractivity contribution < 1.29 is 48.6 Å². The minimum absolute atomic E-state index is 0.000551. The first-order chi connectivity index (χ1) is 30.2. The normalized spacial score (nSPS) is 40.2. The van der Waals surface area contributed by atoms with E-state index in [-0.39, 0.29) is 41.8 Å². The number of aromatic nitrogens is 3. The molecule has 5 aliphatic heterocycles. The Morgan fingerprint density at radius 3 is 2.27 bits per heavy atom. The molecule has 7 rings (SSSR count). The fourth-order valence-electron chi connectivity index (χ4n) is 11.9. The van der Waals surface area contributed by atoms with E-state index in [1.54, 1.807) is 6.92 Å². The van der Waals surface area contributed by atoms with Gasteiger partial charge in [0.2, 0.25) is 0 Å². The fourth-order valence-corrected chi connectivity index (χ4v) is 12.2. The van der Waals surface area contributed by atoms with Gasteiger partial charge in [-0.05, 0) is 102 Å². The molecule has 2 aromatic rings. The van der Waals surface area contributed by atoms with E-state index in [9.17, 15) is 24.9 Å². The monoisotopic (exact) mass is 955 g/mol. The van der Waals surface area contributed by atoms with Gasteiger partial charge in [-0.3, -0.25) is 9.59 Å². The Hall–Kier alpha value is -2.56. The van der Waals surface area contributed by atoms with Gasteiger partial charge in [-0.25, -0.2) is 4.68 Å². The molecular formula is C50H74BrN3O10. The Morgan fingerprint density at radius 1 is 0.922 bits per heavy atom. The SMILES string of the molecule is CC[C@@H](C(=O)[C@@H](C)[C@@H](O)[C@H](C)[C@@H]1O[C@@H]([C@@H](CC)C(=O)O)CC[C@@H]1C)[C@H]1O[C@]2(C=C[C@H](n3cc(-c4ccc(Br)cc4)nn3)[C@]3(CC[C@@](C)([C@H]4CC[C@](O)(CC)[C@H](C)O4)O3)O2)[C@H](C)C[C@@H]1C. The number of halogens is 1. The molecule has 3 N–H and O–H groups in total. The molecule has 0 aliphatic carbocycles. The molecule has 0 unspecified atom stereocenters. The van der Waals surface area contributed by atoms with Gasteiger partial charge in [-0.2, -0.15) is 0 Å². The molecular weight excluding hydrogens is 882 g/mol. The molecule has 1 aromatic carbocycles. The van der Waals surface area contributed by atoms with Crippen LogP contribution < -0.4 is 0 Å². The van der Waals surface area contributed by atoms with E-state index < -0.39 is 76.8 Å². The Labute approximate surface area is 388 Å². The third-order valence-corrected chi connectivity index (χ3v) is 16.9. The molecule has 0 bridgehead atoms. The highest BCUT2D eigenvalue weighted by molar-refractivity contribution is 9.10. The third-order valence-electron chi connectivity index (χ3n) is 16.4. The second-order valence-corrected chi connectivity index (χ2v) is 21.4. The first kappa shape index (κ1) is 49.3. The van der Waals surface area contributed by atoms with Crippen molar-refractivity contribution >= 4 is 27.7 Å². The van der Waals surface area contributed by atoms with Crippen LogP contribution in [0.1, 0.15) is 139 Å². The number of aliphatic hydroxyl groups excluding tert-OH is 1. The molecule has 13 nitrogen and oxygen atoms in total. The van der Waals surface area contributed by atoms with E-state index >= 15 is 0 Å². The number of carbonyl (C=O) groups excluding carboxylic acids is 1. The topological polar surface area (TPSA) is 172 Å². The number of nitrogens with zero attached hydrogens (tertiary/aromatic N) is 3. The van der Waals surface area contributed by atoms with Crippen molar-refractivity contribution in [2.24, 2.45) is 41.4 Å². The van der Waals surface area contributed by atoms with Crippen molar-refractivity contribution in [3.8, 4) is 11.3 Å². The van der Waals surface area contributed by atoms with E-state index in [1.807, 2.05) is 75.8 Å². The predicted octanol–water partition coefficient (Wildman–Crippen LogP) is 9.09. The number of hydrogen-bond donors (Lipinski definition) is 3. The van der Waals surface area contributed by atoms with Crippen molar-refractivity contribution in [3.63, 3.8) is 0 Å². The van der Waals surface area contributed by atoms with E-state index in [2.05, 4.69) is 60.0 Å². The highest BCUT2D eigenvalue weighted by atomic mass is 79.9. The van der Waals surface area contributed by atoms with Crippen molar-refractivity contribution in [1.82, 2.24) is 15.0 Å². The number of ketones is 1. The van der Waals surface area contributed by atoms with Gasteiger partial charge in [-0.1, -0.05) is 94.7 Å². The molecule has 0 amide bonds. The van der Waals surface area contributed by atoms with Crippen LogP contribution in [0.4, 0.5) is 0 Å². The van der Waals surface area contributed by atoms with Gasteiger partial charge in [-0.15, -0.1) is 5.10 Å². The zero-order chi connectivity index (χ0) is 46.5. The summed E-state index contributed by atoms with van der Waals surface area (Å²) >= 11 is 3.53. The zero-order valence-corrected chi connectivity index (χ0v) is 41.2. The molecule has 356 valence electrons. The van der Waals surface area contributed by atoms with Crippen LogP contribution in [0.3, 0.4) is 0 Å². The number of aliphatic carboxylic acids is 1. The van der Waals surface area contributed by atoms with Crippen LogP contribution in [0.2, 0.25) is 0 Å². The number of ether oxygens (including phenoxy) is 5. The van der Waals surface area contributed by atoms with Crippen molar-refractivity contribution in [1.29, 1.82) is 0 Å². The molecule has 4 fully saturated rings. The fraction of sp³-hybridized carbons (Fsp3) is 0.760. The maximum absolute atomic E-state index is 14.8. The Kier molecular flexibility index (Phi) is 14.8. The maximum atomic E-state index is 14.8. The van der Waals surface area contributed by atoms with Crippen LogP contribution >= 0.6 is 15.9 Å². The van der Waals surface area contributed by atoms with E-state index in [1.165, 1.54) is 0 Å². The predicted molar refractivity (Wildman–Crippen MR) is 245 cm³/mol. The highest BCUT2D eigenvalue weighted by Crippen LogP contribution is 2.56. The smallest absolute Gasteiger partial charge is 0.309 e. The van der Waals surface area contributed by atoms with Crippen LogP contribution in [0.5, 0.6) is 0 Å². The first-order valence-corrected chi connectivity index (χ1v) is 25.0. The van der Waals surface area contributed by atoms with E-state index in [0.29, 0.717) is 57.1 Å². The third kappa shape index (κ3) is 9.21. The number of carbonyl (C=O) groups is 2. The van der Waals surface area contributed by atoms with Crippen LogP contribution in [-0.4, -0.2) is 101 Å². The molecule has 4 saturated heterocycles. The van der Waals surface area contributed by atoms with Crippen LogP contribution in [0, 0.1) is 41.4 Å². The molecule has 1 aromatic heterocycles. The number of rotatable bonds is 14. The van der Waals surface area contributed by atoms with Crippen LogP contribution in [-0.2, 0) is 33.3 Å². The summed E-state index contributed by atoms with van der Waals surface area (Å²) in [6.45, 7) is 19.9. The Balaban J connectivity index is 1.16. The minimum atomic E-state index is -1.25. The maximum Gasteiger partial charge on any atom is 0.309 e. The number of hydrogen-bond acceptors (Lipinski definition) is 11. The summed E-state index contributed by atoms with van der Waals surface area (Å²) in [7, 11) is 0. The van der Waals surface area contributed by atoms with Crippen molar-refractivity contribution in [2.75, 3.05) is 0 Å². The molecule has 14 heteroatoms. The van der Waals surface area contributed by atoms with Crippen molar-refractivity contribution in [3.05, 3.63) is 47.1 Å². The molecule has 0 saturated carbocycles. The van der Waals surface area contributed by atoms with Gasteiger partial charge in [0.1, 0.15) is 17.5 Å². The standard InChI is InChI=1S/C50H74BrN3O10/c1-11-36(46(57)58)39-19-14-28(4)44(61-39)32(8)42(55)31(7)43(56)37(12-2)45-29(5)26-30(6)49(62-45)23-20-40(54-27-38(52-53-54)34-15-17-35(51)18-16-34)50(64-49)25-24-47(10,63-50)41-21-22-48(59,13-3)33(9)60-41/h15-18,20,23,27-33,36-37,39-42,44-45,55,59H,11-14,19,21-22,24-26H2,1-10H3,(H,57,58)/t28-,29-,30+,31-,32-,33-,36+,37-,39+,40-,41+,42+,44+,45-,47-,48+,49-,50-/m0/s1. The van der Waals surface area contributed by atoms with Crippen LogP contribution in [0.15, 0.2) is 47.1 Å². The van der Waals surface area contributed by atoms with Gasteiger partial charge in [0.25, 0.3) is 0 Å². The number of Topliss-reactive ketones (excluding diaryl/α,β-unsaturated/α-hetero) is 1. The van der Waals surface area contributed by atoms with E-state index in [0.717, 1.165) is 22.9 Å². The number of carboxylic acid groups (broad SMARTS) is 1. The largest absolute Gasteiger partial charge is 0.481 e. The second-order valence-electron chi connectivity index (χ2n) is 20.5. The highest BCUT2D eigenvalue weighted by Gasteiger charge is 2.64. The number of carboxylic acids is 1. The summed E-state index contributed by atoms with van der Waals surface area (Å²) in [5.41, 5.74) is -0.0289. The lowest BCUT2D eigenvalue weighted by Crippen LogP contribution is -2.62. The Bertz CT molecular complexity index is 1980. The van der Waals surface area contributed by atoms with Gasteiger partial charge < -0.3 is 39.0 Å². The summed E-state index contributed by atoms with van der Waals surface area (Å²) in [4.78, 5) is 26.8. The first-order valence-electron chi connectivity index (χ1n) is 24.2.